The minimum absolute atomic E-state index is 1.03. The molecule has 0 aromatic heterocycles. The summed E-state index contributed by atoms with van der Waals surface area (Å²) in [5.74, 6) is 6.40. The summed E-state index contributed by atoms with van der Waals surface area (Å²) in [6, 6.07) is 0. The van der Waals surface area contributed by atoms with Crippen molar-refractivity contribution in [3.8, 4) is 0 Å². The van der Waals surface area contributed by atoms with Gasteiger partial charge < -0.3 is 0 Å². The van der Waals surface area contributed by atoms with Gasteiger partial charge >= 0.3 is 0 Å². The predicted molar refractivity (Wildman–Crippen MR) is 89.8 cm³/mol. The fourth-order valence-electron chi connectivity index (χ4n) is 5.60. The Bertz CT molecular complexity index is 269. The van der Waals surface area contributed by atoms with E-state index in [4.69, 9.17) is 0 Å². The smallest absolute Gasteiger partial charge is 0.0352 e. The average molecular weight is 279 g/mol. The number of rotatable bonds is 7. The molecule has 5 unspecified atom stereocenters. The zero-order chi connectivity index (χ0) is 14.5. The van der Waals surface area contributed by atoms with E-state index >= 15 is 0 Å². The molecule has 0 N–H and O–H groups in total. The van der Waals surface area contributed by atoms with Crippen LogP contribution in [0.2, 0.25) is 0 Å². The third-order valence-electron chi connectivity index (χ3n) is 6.89. The van der Waals surface area contributed by atoms with Gasteiger partial charge in [-0.2, -0.15) is 0 Å². The van der Waals surface area contributed by atoms with Crippen molar-refractivity contribution in [1.82, 2.24) is 0 Å². The van der Waals surface area contributed by atoms with Crippen LogP contribution in [0.1, 0.15) is 91.9 Å². The highest BCUT2D eigenvalue weighted by atomic mass is 14.5. The normalized spacial score (nSPS) is 39.3. The zero-order valence-electron chi connectivity index (χ0n) is 14.5. The molecule has 0 aromatic carbocycles. The fraction of sp³-hybridized carbons (Fsp3) is 1.00. The van der Waals surface area contributed by atoms with Gasteiger partial charge in [-0.3, -0.25) is 0 Å². The molecule has 6 atom stereocenters. The molecule has 0 saturated heterocycles. The minimum Gasteiger partial charge on any atom is -0.0654 e. The lowest BCUT2D eigenvalue weighted by Crippen LogP contribution is -2.24. The molecular weight excluding hydrogens is 240 g/mol. The van der Waals surface area contributed by atoms with Crippen LogP contribution in [0.15, 0.2) is 0 Å². The Kier molecular flexibility index (Phi) is 6.43. The second-order valence-electron chi connectivity index (χ2n) is 7.88. The Balaban J connectivity index is 2.03. The Hall–Kier alpha value is 0. The van der Waals surface area contributed by atoms with Crippen LogP contribution in [0.3, 0.4) is 0 Å². The Morgan fingerprint density at radius 2 is 1.60 bits per heavy atom. The van der Waals surface area contributed by atoms with E-state index in [0.29, 0.717) is 0 Å². The largest absolute Gasteiger partial charge is 0.0654 e. The molecule has 2 aliphatic carbocycles. The molecule has 2 rings (SSSR count). The first-order valence-corrected chi connectivity index (χ1v) is 9.73. The van der Waals surface area contributed by atoms with Crippen LogP contribution in [0.25, 0.3) is 0 Å². The van der Waals surface area contributed by atoms with E-state index in [1.54, 1.807) is 25.7 Å². The summed E-state index contributed by atoms with van der Waals surface area (Å²) >= 11 is 0. The predicted octanol–water partition coefficient (Wildman–Crippen LogP) is 6.69. The van der Waals surface area contributed by atoms with Gasteiger partial charge in [-0.1, -0.05) is 66.2 Å². The highest BCUT2D eigenvalue weighted by molar-refractivity contribution is 4.92. The first kappa shape index (κ1) is 16.4. The number of hydrogen-bond donors (Lipinski definition) is 0. The second kappa shape index (κ2) is 7.85. The van der Waals surface area contributed by atoms with Crippen LogP contribution in [0.4, 0.5) is 0 Å². The third kappa shape index (κ3) is 3.60. The lowest BCUT2D eigenvalue weighted by Gasteiger charge is -2.32. The summed E-state index contributed by atoms with van der Waals surface area (Å²) in [5.41, 5.74) is 0. The number of hydrogen-bond acceptors (Lipinski definition) is 0. The van der Waals surface area contributed by atoms with Crippen molar-refractivity contribution in [2.45, 2.75) is 91.9 Å². The Morgan fingerprint density at radius 3 is 2.15 bits per heavy atom. The van der Waals surface area contributed by atoms with Gasteiger partial charge in [0.15, 0.2) is 0 Å². The van der Waals surface area contributed by atoms with Crippen molar-refractivity contribution in [3.63, 3.8) is 0 Å². The molecule has 0 nitrogen and oxygen atoms in total. The quantitative estimate of drug-likeness (QED) is 0.486. The summed E-state index contributed by atoms with van der Waals surface area (Å²) in [7, 11) is 0. The lowest BCUT2D eigenvalue weighted by atomic mass is 9.74. The molecule has 2 aliphatic rings. The van der Waals surface area contributed by atoms with Gasteiger partial charge in [0.2, 0.25) is 0 Å². The highest BCUT2D eigenvalue weighted by Gasteiger charge is 2.42. The van der Waals surface area contributed by atoms with Crippen LogP contribution in [-0.2, 0) is 0 Å². The van der Waals surface area contributed by atoms with Gasteiger partial charge in [-0.05, 0) is 61.2 Å². The maximum absolute atomic E-state index is 2.44. The van der Waals surface area contributed by atoms with Crippen LogP contribution < -0.4 is 0 Å². The zero-order valence-corrected chi connectivity index (χ0v) is 14.5. The topological polar surface area (TPSA) is 0 Å². The summed E-state index contributed by atoms with van der Waals surface area (Å²) in [6.45, 7) is 9.65. The maximum Gasteiger partial charge on any atom is -0.0352 e. The standard InChI is InChI=1S/C20H38/c1-5-9-17(8-4)19-13-16(7-3)14-20(19)18-11-10-15(6-2)12-18/h15-20H,5-14H2,1-4H3/t15?,16?,17-,18?,19?,20?/m0/s1. The fourth-order valence-corrected chi connectivity index (χ4v) is 5.60. The molecule has 0 heterocycles. The van der Waals surface area contributed by atoms with Crippen LogP contribution in [0, 0.1) is 35.5 Å². The van der Waals surface area contributed by atoms with E-state index in [-0.39, 0.29) is 0 Å². The molecule has 0 spiro atoms. The summed E-state index contributed by atoms with van der Waals surface area (Å²) < 4.78 is 0. The second-order valence-corrected chi connectivity index (χ2v) is 7.88. The van der Waals surface area contributed by atoms with E-state index in [9.17, 15) is 0 Å². The van der Waals surface area contributed by atoms with Crippen molar-refractivity contribution < 1.29 is 0 Å². The van der Waals surface area contributed by atoms with Crippen molar-refractivity contribution in [2.24, 2.45) is 35.5 Å². The minimum atomic E-state index is 1.03. The van der Waals surface area contributed by atoms with Gasteiger partial charge in [0.25, 0.3) is 0 Å². The Labute approximate surface area is 128 Å². The van der Waals surface area contributed by atoms with Crippen molar-refractivity contribution in [2.75, 3.05) is 0 Å². The van der Waals surface area contributed by atoms with E-state index in [0.717, 1.165) is 35.5 Å². The molecule has 2 saturated carbocycles. The van der Waals surface area contributed by atoms with Gasteiger partial charge in [-0.25, -0.2) is 0 Å². The van der Waals surface area contributed by atoms with Crippen molar-refractivity contribution in [1.29, 1.82) is 0 Å². The van der Waals surface area contributed by atoms with Crippen LogP contribution in [0.5, 0.6) is 0 Å². The van der Waals surface area contributed by atoms with Gasteiger partial charge in [0.1, 0.15) is 0 Å². The Morgan fingerprint density at radius 1 is 0.850 bits per heavy atom. The van der Waals surface area contributed by atoms with Crippen molar-refractivity contribution >= 4 is 0 Å². The molecule has 0 aliphatic heterocycles. The van der Waals surface area contributed by atoms with E-state index < -0.39 is 0 Å². The monoisotopic (exact) mass is 278 g/mol. The van der Waals surface area contributed by atoms with E-state index in [1.807, 2.05) is 0 Å². The van der Waals surface area contributed by atoms with Crippen molar-refractivity contribution in [3.05, 3.63) is 0 Å². The van der Waals surface area contributed by atoms with Crippen LogP contribution in [-0.4, -0.2) is 0 Å². The third-order valence-corrected chi connectivity index (χ3v) is 6.89. The van der Waals surface area contributed by atoms with E-state index in [2.05, 4.69) is 27.7 Å². The molecule has 118 valence electrons. The molecule has 2 fully saturated rings. The summed E-state index contributed by atoms with van der Waals surface area (Å²) in [4.78, 5) is 0. The molecule has 0 radical (unpaired) electrons. The lowest BCUT2D eigenvalue weighted by molar-refractivity contribution is 0.177. The first-order chi connectivity index (χ1) is 9.73. The van der Waals surface area contributed by atoms with Gasteiger partial charge in [0.05, 0.1) is 0 Å². The van der Waals surface area contributed by atoms with Gasteiger partial charge in [-0.15, -0.1) is 0 Å². The molecule has 0 bridgehead atoms. The first-order valence-electron chi connectivity index (χ1n) is 9.73. The van der Waals surface area contributed by atoms with Crippen LogP contribution >= 0.6 is 0 Å². The molecule has 0 aromatic rings. The summed E-state index contributed by atoms with van der Waals surface area (Å²) in [5, 5.41) is 0. The molecule has 20 heavy (non-hydrogen) atoms. The molecule has 0 heteroatoms. The SMILES string of the molecule is CCC[C@H](CC)C1CC(CC)CC1C1CCC(CC)C1. The van der Waals surface area contributed by atoms with Gasteiger partial charge in [0, 0.05) is 0 Å². The van der Waals surface area contributed by atoms with E-state index in [1.165, 1.54) is 38.5 Å². The molecular formula is C20H38. The average Bonchev–Trinajstić information content (AvgIpc) is 3.10. The summed E-state index contributed by atoms with van der Waals surface area (Å²) in [6.07, 6.45) is 14.9. The highest BCUT2D eigenvalue weighted by Crippen LogP contribution is 2.52. The maximum atomic E-state index is 2.44. The molecule has 0 amide bonds.